The number of nitrogens with one attached hydrogen (secondary N) is 4. The number of pyridine rings is 2. The monoisotopic (exact) mass is 794 g/mol. The van der Waals surface area contributed by atoms with Crippen LogP contribution in [0.5, 0.6) is 0 Å². The molecule has 4 atom stereocenters. The molecule has 302 valence electrons. The van der Waals surface area contributed by atoms with Gasteiger partial charge in [-0.25, -0.2) is 19.7 Å². The fourth-order valence-corrected chi connectivity index (χ4v) is 8.14. The van der Waals surface area contributed by atoms with Gasteiger partial charge in [0.05, 0.1) is 53.7 Å². The van der Waals surface area contributed by atoms with Crippen molar-refractivity contribution in [3.63, 3.8) is 0 Å². The van der Waals surface area contributed by atoms with Gasteiger partial charge in [-0.3, -0.25) is 19.4 Å². The number of likely N-dealkylation sites (tertiary alicyclic amines) is 2. The van der Waals surface area contributed by atoms with Gasteiger partial charge < -0.3 is 35.1 Å². The highest BCUT2D eigenvalue weighted by Crippen LogP contribution is 2.35. The lowest BCUT2D eigenvalue weighted by Gasteiger charge is -2.30. The van der Waals surface area contributed by atoms with Crippen molar-refractivity contribution in [2.24, 2.45) is 5.92 Å². The molecule has 0 unspecified atom stereocenters. The molecule has 2 saturated heterocycles. The van der Waals surface area contributed by atoms with E-state index < -0.39 is 18.2 Å². The second-order valence-corrected chi connectivity index (χ2v) is 15.3. The molecule has 4 aromatic heterocycles. The van der Waals surface area contributed by atoms with E-state index in [9.17, 15) is 19.2 Å². The molecule has 59 heavy (non-hydrogen) atoms. The summed E-state index contributed by atoms with van der Waals surface area (Å²) in [6.07, 6.45) is 8.51. The number of fused-ring (bicyclic) bond motifs is 1. The number of hydrogen-bond donors (Lipinski definition) is 4. The Morgan fingerprint density at radius 1 is 0.814 bits per heavy atom. The summed E-state index contributed by atoms with van der Waals surface area (Å²) in [7, 11) is 1.28. The Kier molecular flexibility index (Phi) is 11.2. The van der Waals surface area contributed by atoms with Gasteiger partial charge >= 0.3 is 6.09 Å². The number of carbonyl (C=O) groups excluding carboxylic acids is 4. The molecule has 15 nitrogen and oxygen atoms in total. The summed E-state index contributed by atoms with van der Waals surface area (Å²) in [5, 5.41) is 6.34. The Hall–Kier alpha value is -6.90. The molecule has 0 spiro atoms. The van der Waals surface area contributed by atoms with E-state index in [1.165, 1.54) is 7.11 Å². The third-order valence-electron chi connectivity index (χ3n) is 11.2. The van der Waals surface area contributed by atoms with Crippen LogP contribution in [0.15, 0.2) is 91.4 Å². The van der Waals surface area contributed by atoms with Crippen molar-refractivity contribution in [1.82, 2.24) is 50.3 Å². The summed E-state index contributed by atoms with van der Waals surface area (Å²) in [4.78, 5) is 80.2. The molecular formula is C44H46N10O5. The molecule has 6 heterocycles. The van der Waals surface area contributed by atoms with Crippen molar-refractivity contribution in [2.45, 2.75) is 63.7 Å². The molecule has 2 aliphatic rings. The number of H-pyrrole nitrogens is 2. The number of aromatic amines is 2. The molecule has 8 rings (SSSR count). The Morgan fingerprint density at radius 2 is 1.54 bits per heavy atom. The first-order chi connectivity index (χ1) is 28.7. The number of nitrogens with zero attached hydrogens (tertiary/aromatic N) is 6. The smallest absolute Gasteiger partial charge is 0.407 e. The SMILES string of the molecule is COC(=O)N[C@H](C(=O)N1CCC[C@H]1c1ncc(-c2ccc(-c3ccc4cc(-c5c[nH]c([C@@H]6CCCN6C(=O)[C@H](NC=O)c6ccccc6)n5)ccc4n3)cn2)[nH]1)C(C)C. The number of amides is 4. The largest absolute Gasteiger partial charge is 0.453 e. The second kappa shape index (κ2) is 16.9. The van der Waals surface area contributed by atoms with Crippen LogP contribution in [0.2, 0.25) is 0 Å². The lowest BCUT2D eigenvalue weighted by molar-refractivity contribution is -0.136. The van der Waals surface area contributed by atoms with Crippen molar-refractivity contribution in [3.05, 3.63) is 109 Å². The predicted molar refractivity (Wildman–Crippen MR) is 220 cm³/mol. The van der Waals surface area contributed by atoms with Gasteiger partial charge in [-0.1, -0.05) is 56.3 Å². The van der Waals surface area contributed by atoms with Gasteiger partial charge in [0.15, 0.2) is 0 Å². The van der Waals surface area contributed by atoms with Gasteiger partial charge in [0, 0.05) is 42.0 Å². The Morgan fingerprint density at radius 3 is 2.25 bits per heavy atom. The first kappa shape index (κ1) is 38.9. The molecule has 0 bridgehead atoms. The van der Waals surface area contributed by atoms with E-state index in [0.717, 1.165) is 70.4 Å². The molecular weight excluding hydrogens is 749 g/mol. The first-order valence-corrected chi connectivity index (χ1v) is 19.9. The number of imidazole rings is 2. The summed E-state index contributed by atoms with van der Waals surface area (Å²) in [5.74, 6) is 0.944. The Bertz CT molecular complexity index is 2470. The summed E-state index contributed by atoms with van der Waals surface area (Å²) in [6.45, 7) is 4.94. The van der Waals surface area contributed by atoms with Crippen molar-refractivity contribution < 1.29 is 23.9 Å². The minimum atomic E-state index is -0.767. The summed E-state index contributed by atoms with van der Waals surface area (Å²) in [6, 6.07) is 21.2. The van der Waals surface area contributed by atoms with E-state index >= 15 is 0 Å². The zero-order valence-electron chi connectivity index (χ0n) is 33.1. The quantitative estimate of drug-likeness (QED) is 0.103. The lowest BCUT2D eigenvalue weighted by Crippen LogP contribution is -2.51. The first-order valence-electron chi connectivity index (χ1n) is 19.9. The molecule has 4 N–H and O–H groups in total. The van der Waals surface area contributed by atoms with Crippen molar-refractivity contribution in [1.29, 1.82) is 0 Å². The van der Waals surface area contributed by atoms with Crippen LogP contribution in [0.4, 0.5) is 4.79 Å². The van der Waals surface area contributed by atoms with Gasteiger partial charge in [0.1, 0.15) is 23.7 Å². The highest BCUT2D eigenvalue weighted by molar-refractivity contribution is 5.88. The van der Waals surface area contributed by atoms with Crippen LogP contribution in [0.1, 0.15) is 74.9 Å². The van der Waals surface area contributed by atoms with E-state index in [0.29, 0.717) is 36.8 Å². The predicted octanol–water partition coefficient (Wildman–Crippen LogP) is 6.27. The van der Waals surface area contributed by atoms with Gasteiger partial charge in [-0.15, -0.1) is 0 Å². The van der Waals surface area contributed by atoms with Crippen molar-refractivity contribution >= 4 is 35.2 Å². The second-order valence-electron chi connectivity index (χ2n) is 15.3. The Labute approximate surface area is 341 Å². The highest BCUT2D eigenvalue weighted by atomic mass is 16.5. The topological polar surface area (TPSA) is 191 Å². The van der Waals surface area contributed by atoms with Gasteiger partial charge in [0.25, 0.3) is 0 Å². The van der Waals surface area contributed by atoms with Crippen LogP contribution in [0.3, 0.4) is 0 Å². The third-order valence-corrected chi connectivity index (χ3v) is 11.2. The van der Waals surface area contributed by atoms with Gasteiger partial charge in [-0.05, 0) is 67.5 Å². The zero-order chi connectivity index (χ0) is 41.0. The van der Waals surface area contributed by atoms with Gasteiger partial charge in [0.2, 0.25) is 18.2 Å². The molecule has 2 aliphatic heterocycles. The minimum Gasteiger partial charge on any atom is -0.453 e. The Balaban J connectivity index is 0.943. The van der Waals surface area contributed by atoms with E-state index in [1.807, 2.05) is 91.7 Å². The fraction of sp³-hybridized carbons (Fsp3) is 0.318. The number of rotatable bonds is 12. The van der Waals surface area contributed by atoms with Crippen LogP contribution >= 0.6 is 0 Å². The maximum Gasteiger partial charge on any atom is 0.407 e. The molecule has 2 fully saturated rings. The maximum absolute atomic E-state index is 13.7. The van der Waals surface area contributed by atoms with Crippen LogP contribution in [0.25, 0.3) is 44.8 Å². The number of alkyl carbamates (subject to hydrolysis) is 1. The standard InChI is InChI=1S/C44H46N10O5/c1-26(2)38(52-44(58)59-3)42(56)53-19-7-12-37(53)41-47-24-35(51-41)33-18-15-30(22-45-33)32-17-13-28-21-29(14-16-31(28)49-32)34-23-46-40(50-34)36-11-8-20-54(36)43(57)39(48-25-55)27-9-5-4-6-10-27/h4-6,9-10,13-18,21-26,36-39H,7-8,11-12,19-20H2,1-3H3,(H,46,50)(H,47,51)(H,48,55)(H,52,58)/t36-,37-,38-,39+/m0/s1. The molecule has 2 aromatic carbocycles. The molecule has 0 radical (unpaired) electrons. The zero-order valence-corrected chi connectivity index (χ0v) is 33.1. The van der Waals surface area contributed by atoms with Crippen molar-refractivity contribution in [3.8, 4) is 33.9 Å². The summed E-state index contributed by atoms with van der Waals surface area (Å²) < 4.78 is 4.75. The lowest BCUT2D eigenvalue weighted by atomic mass is 10.0. The highest BCUT2D eigenvalue weighted by Gasteiger charge is 2.38. The van der Waals surface area contributed by atoms with Crippen LogP contribution < -0.4 is 10.6 Å². The molecule has 4 amide bonds. The number of hydrogen-bond acceptors (Lipinski definition) is 9. The maximum atomic E-state index is 13.7. The minimum absolute atomic E-state index is 0.119. The van der Waals surface area contributed by atoms with E-state index in [1.54, 1.807) is 17.3 Å². The van der Waals surface area contributed by atoms with Crippen LogP contribution in [-0.4, -0.2) is 90.3 Å². The number of methoxy groups -OCH3 is 1. The van der Waals surface area contributed by atoms with Crippen LogP contribution in [-0.2, 0) is 19.1 Å². The third kappa shape index (κ3) is 8.00. The number of carbonyl (C=O) groups is 4. The van der Waals surface area contributed by atoms with E-state index in [-0.39, 0.29) is 29.8 Å². The van der Waals surface area contributed by atoms with E-state index in [2.05, 4.69) is 31.7 Å². The molecule has 0 aliphatic carbocycles. The summed E-state index contributed by atoms with van der Waals surface area (Å²) >= 11 is 0. The van der Waals surface area contributed by atoms with E-state index in [4.69, 9.17) is 19.7 Å². The molecule has 0 saturated carbocycles. The average Bonchev–Trinajstić information content (AvgIpc) is 4.11. The molecule has 15 heteroatoms. The average molecular weight is 795 g/mol. The fourth-order valence-electron chi connectivity index (χ4n) is 8.14. The number of benzene rings is 2. The summed E-state index contributed by atoms with van der Waals surface area (Å²) in [5.41, 5.74) is 6.32. The number of ether oxygens (including phenoxy) is 1. The normalized spacial score (nSPS) is 17.6. The van der Waals surface area contributed by atoms with Crippen LogP contribution in [0, 0.1) is 5.92 Å². The molecule has 6 aromatic rings. The van der Waals surface area contributed by atoms with Crippen molar-refractivity contribution in [2.75, 3.05) is 20.2 Å². The number of aromatic nitrogens is 6. The van der Waals surface area contributed by atoms with Gasteiger partial charge in [-0.2, -0.15) is 0 Å².